The minimum atomic E-state index is -0.217. The number of amides is 1. The van der Waals surface area contributed by atoms with Gasteiger partial charge in [0.15, 0.2) is 0 Å². The van der Waals surface area contributed by atoms with E-state index < -0.39 is 0 Å². The number of nitrogens with zero attached hydrogens (tertiary/aromatic N) is 5. The molecule has 0 radical (unpaired) electrons. The highest BCUT2D eigenvalue weighted by atomic mass is 16.2. The summed E-state index contributed by atoms with van der Waals surface area (Å²) in [7, 11) is 1.89. The summed E-state index contributed by atoms with van der Waals surface area (Å²) in [5.74, 6) is 0.0299. The summed E-state index contributed by atoms with van der Waals surface area (Å²) in [6, 6.07) is 9.57. The molecule has 1 aliphatic rings. The van der Waals surface area contributed by atoms with Gasteiger partial charge in [-0.2, -0.15) is 5.10 Å². The van der Waals surface area contributed by atoms with Crippen LogP contribution in [-0.2, 0) is 11.8 Å². The molecule has 0 bridgehead atoms. The van der Waals surface area contributed by atoms with Crippen molar-refractivity contribution >= 4 is 5.91 Å². The fraction of sp³-hybridized carbons (Fsp3) is 0.368. The van der Waals surface area contributed by atoms with Crippen molar-refractivity contribution in [2.75, 3.05) is 13.1 Å². The molecule has 1 unspecified atom stereocenters. The molecule has 8 heteroatoms. The summed E-state index contributed by atoms with van der Waals surface area (Å²) in [5, 5.41) is 19.0. The number of aromatic nitrogens is 5. The normalized spacial score (nSPS) is 20.5. The molecule has 0 aliphatic carbocycles. The quantitative estimate of drug-likeness (QED) is 0.709. The van der Waals surface area contributed by atoms with Gasteiger partial charge >= 0.3 is 0 Å². The lowest BCUT2D eigenvalue weighted by atomic mass is 9.90. The second-order valence-corrected chi connectivity index (χ2v) is 6.97. The minimum absolute atomic E-state index is 0.0237. The van der Waals surface area contributed by atoms with Gasteiger partial charge in [0, 0.05) is 32.3 Å². The van der Waals surface area contributed by atoms with Crippen molar-refractivity contribution in [3.8, 4) is 5.69 Å². The maximum Gasteiger partial charge on any atom is 0.225 e. The zero-order valence-electron chi connectivity index (χ0n) is 15.4. The maximum atomic E-state index is 12.9. The fourth-order valence-electron chi connectivity index (χ4n) is 3.51. The molecule has 1 saturated heterocycles. The van der Waals surface area contributed by atoms with Gasteiger partial charge in [0.25, 0.3) is 0 Å². The summed E-state index contributed by atoms with van der Waals surface area (Å²) in [6.45, 7) is 3.37. The molecule has 0 saturated carbocycles. The Balaban J connectivity index is 1.44. The van der Waals surface area contributed by atoms with Crippen LogP contribution in [0.5, 0.6) is 0 Å². The molecular formula is C19H23N7O. The third kappa shape index (κ3) is 3.61. The zero-order chi connectivity index (χ0) is 18.8. The van der Waals surface area contributed by atoms with Crippen LogP contribution in [0.1, 0.15) is 30.1 Å². The molecule has 4 rings (SSSR count). The smallest absolute Gasteiger partial charge is 0.225 e. The SMILES string of the molecule is CC(NC(=O)[C@H]1CNC[C@@H]1c1cnn(C)c1)c1cn(-c2ccccc2)nn1. The predicted molar refractivity (Wildman–Crippen MR) is 100 cm³/mol. The van der Waals surface area contributed by atoms with Crippen molar-refractivity contribution in [3.05, 3.63) is 60.2 Å². The summed E-state index contributed by atoms with van der Waals surface area (Å²) < 4.78 is 3.49. The van der Waals surface area contributed by atoms with Gasteiger partial charge in [-0.05, 0) is 24.6 Å². The van der Waals surface area contributed by atoms with E-state index in [2.05, 4.69) is 26.0 Å². The van der Waals surface area contributed by atoms with Crippen LogP contribution in [0.4, 0.5) is 0 Å². The van der Waals surface area contributed by atoms with Gasteiger partial charge < -0.3 is 10.6 Å². The number of hydrogen-bond acceptors (Lipinski definition) is 5. The molecule has 1 aliphatic heterocycles. The van der Waals surface area contributed by atoms with Gasteiger partial charge in [0.05, 0.1) is 30.0 Å². The monoisotopic (exact) mass is 365 g/mol. The second-order valence-electron chi connectivity index (χ2n) is 6.97. The number of benzene rings is 1. The second kappa shape index (κ2) is 7.32. The summed E-state index contributed by atoms with van der Waals surface area (Å²) >= 11 is 0. The van der Waals surface area contributed by atoms with Gasteiger partial charge in [-0.25, -0.2) is 4.68 Å². The lowest BCUT2D eigenvalue weighted by molar-refractivity contribution is -0.125. The Labute approximate surface area is 157 Å². The van der Waals surface area contributed by atoms with Gasteiger partial charge in [0.2, 0.25) is 5.91 Å². The van der Waals surface area contributed by atoms with Crippen molar-refractivity contribution in [1.29, 1.82) is 0 Å². The van der Waals surface area contributed by atoms with Crippen LogP contribution < -0.4 is 10.6 Å². The van der Waals surface area contributed by atoms with Gasteiger partial charge in [-0.3, -0.25) is 9.48 Å². The highest BCUT2D eigenvalue weighted by Gasteiger charge is 2.35. The van der Waals surface area contributed by atoms with Crippen molar-refractivity contribution in [3.63, 3.8) is 0 Å². The molecule has 8 nitrogen and oxygen atoms in total. The first-order chi connectivity index (χ1) is 13.1. The molecule has 2 aromatic heterocycles. The highest BCUT2D eigenvalue weighted by Crippen LogP contribution is 2.28. The summed E-state index contributed by atoms with van der Waals surface area (Å²) in [4.78, 5) is 12.9. The van der Waals surface area contributed by atoms with Crippen LogP contribution >= 0.6 is 0 Å². The van der Waals surface area contributed by atoms with E-state index in [9.17, 15) is 4.79 Å². The van der Waals surface area contributed by atoms with Crippen LogP contribution in [0.2, 0.25) is 0 Å². The van der Waals surface area contributed by atoms with Gasteiger partial charge in [0.1, 0.15) is 5.69 Å². The molecule has 0 spiro atoms. The topological polar surface area (TPSA) is 89.7 Å². The van der Waals surface area contributed by atoms with E-state index in [-0.39, 0.29) is 23.8 Å². The number of rotatable bonds is 5. The van der Waals surface area contributed by atoms with E-state index >= 15 is 0 Å². The van der Waals surface area contributed by atoms with E-state index in [1.54, 1.807) is 9.36 Å². The van der Waals surface area contributed by atoms with Crippen LogP contribution in [-0.4, -0.2) is 43.8 Å². The number of carbonyl (C=O) groups excluding carboxylic acids is 1. The van der Waals surface area contributed by atoms with Crippen LogP contribution in [0.15, 0.2) is 48.9 Å². The number of aryl methyl sites for hydroxylation is 1. The first-order valence-corrected chi connectivity index (χ1v) is 9.09. The van der Waals surface area contributed by atoms with Crippen molar-refractivity contribution in [2.24, 2.45) is 13.0 Å². The number of carbonyl (C=O) groups is 1. The molecule has 3 heterocycles. The molecule has 2 N–H and O–H groups in total. The molecule has 140 valence electrons. The molecule has 3 aromatic rings. The Bertz CT molecular complexity index is 917. The first-order valence-electron chi connectivity index (χ1n) is 9.09. The standard InChI is InChI=1S/C19H23N7O/c1-13(18-12-26(24-23-18)15-6-4-3-5-7-15)22-19(27)17-10-20-9-16(17)14-8-21-25(2)11-14/h3-8,11-13,16-17,20H,9-10H2,1-2H3,(H,22,27)/t13?,16-,17+/m1/s1. The summed E-state index contributed by atoms with van der Waals surface area (Å²) in [5.41, 5.74) is 2.76. The fourth-order valence-corrected chi connectivity index (χ4v) is 3.51. The zero-order valence-corrected chi connectivity index (χ0v) is 15.4. The molecule has 1 fully saturated rings. The van der Waals surface area contributed by atoms with E-state index in [0.717, 1.165) is 23.5 Å². The first kappa shape index (κ1) is 17.4. The van der Waals surface area contributed by atoms with Crippen molar-refractivity contribution < 1.29 is 4.79 Å². The number of para-hydroxylation sites is 1. The predicted octanol–water partition coefficient (Wildman–Crippen LogP) is 1.18. The van der Waals surface area contributed by atoms with Crippen molar-refractivity contribution in [1.82, 2.24) is 35.4 Å². The summed E-state index contributed by atoms with van der Waals surface area (Å²) in [6.07, 6.45) is 5.67. The number of hydrogen-bond donors (Lipinski definition) is 2. The third-order valence-electron chi connectivity index (χ3n) is 5.04. The van der Waals surface area contributed by atoms with Crippen LogP contribution in [0.3, 0.4) is 0 Å². The Kier molecular flexibility index (Phi) is 4.72. The van der Waals surface area contributed by atoms with E-state index in [4.69, 9.17) is 0 Å². The average Bonchev–Trinajstić information content (AvgIpc) is 3.42. The Morgan fingerprint density at radius 2 is 2.07 bits per heavy atom. The molecule has 3 atom stereocenters. The lowest BCUT2D eigenvalue weighted by Crippen LogP contribution is -2.36. The Hall–Kier alpha value is -3.00. The largest absolute Gasteiger partial charge is 0.348 e. The van der Waals surface area contributed by atoms with E-state index in [0.29, 0.717) is 6.54 Å². The molecule has 1 aromatic carbocycles. The van der Waals surface area contributed by atoms with E-state index in [1.165, 1.54) is 0 Å². The Morgan fingerprint density at radius 1 is 1.26 bits per heavy atom. The Morgan fingerprint density at radius 3 is 2.81 bits per heavy atom. The third-order valence-corrected chi connectivity index (χ3v) is 5.04. The van der Waals surface area contributed by atoms with Gasteiger partial charge in [-0.15, -0.1) is 5.10 Å². The number of nitrogens with one attached hydrogen (secondary N) is 2. The van der Waals surface area contributed by atoms with E-state index in [1.807, 2.05) is 62.9 Å². The van der Waals surface area contributed by atoms with Gasteiger partial charge in [-0.1, -0.05) is 23.4 Å². The highest BCUT2D eigenvalue weighted by molar-refractivity contribution is 5.80. The minimum Gasteiger partial charge on any atom is -0.348 e. The maximum absolute atomic E-state index is 12.9. The van der Waals surface area contributed by atoms with Crippen molar-refractivity contribution in [2.45, 2.75) is 18.9 Å². The van der Waals surface area contributed by atoms with Crippen LogP contribution in [0, 0.1) is 5.92 Å². The average molecular weight is 365 g/mol. The van der Waals surface area contributed by atoms with Crippen LogP contribution in [0.25, 0.3) is 5.69 Å². The molecule has 1 amide bonds. The molecule has 27 heavy (non-hydrogen) atoms. The lowest BCUT2D eigenvalue weighted by Gasteiger charge is -2.19. The molecular weight excluding hydrogens is 342 g/mol.